The first-order valence-electron chi connectivity index (χ1n) is 9.86. The van der Waals surface area contributed by atoms with Gasteiger partial charge in [-0.3, -0.25) is 0 Å². The Hall–Kier alpha value is -4.28. The first-order valence-corrected chi connectivity index (χ1v) is 9.86. The van der Waals surface area contributed by atoms with Crippen LogP contribution in [0.4, 0.5) is 11.4 Å². The minimum atomic E-state index is 0.0401. The van der Waals surface area contributed by atoms with Crippen LogP contribution in [0, 0.1) is 22.7 Å². The second-order valence-corrected chi connectivity index (χ2v) is 7.63. The lowest BCUT2D eigenvalue weighted by atomic mass is 9.43. The maximum atomic E-state index is 9.47. The molecule has 6 rings (SSSR count). The van der Waals surface area contributed by atoms with E-state index in [2.05, 4.69) is 65.5 Å². The SMILES string of the molecule is N#Cc1ccc2c(c1)-c1ccccc1B1c3ccccc3-c3cc(C#N)ccc3N12. The van der Waals surface area contributed by atoms with E-state index in [4.69, 9.17) is 0 Å². The minimum Gasteiger partial charge on any atom is -0.376 e. The topological polar surface area (TPSA) is 50.8 Å². The molecule has 0 bridgehead atoms. The number of nitrogens with zero attached hydrogens (tertiary/aromatic N) is 3. The van der Waals surface area contributed by atoms with E-state index in [0.717, 1.165) is 33.6 Å². The lowest BCUT2D eigenvalue weighted by Crippen LogP contribution is -2.59. The molecule has 0 N–H and O–H groups in total. The molecule has 0 aromatic heterocycles. The second kappa shape index (κ2) is 6.11. The molecule has 0 fully saturated rings. The summed E-state index contributed by atoms with van der Waals surface area (Å²) in [5.74, 6) is 0. The van der Waals surface area contributed by atoms with E-state index >= 15 is 0 Å². The van der Waals surface area contributed by atoms with Crippen molar-refractivity contribution in [3.8, 4) is 34.4 Å². The molecular weight excluding hydrogens is 365 g/mol. The molecule has 136 valence electrons. The van der Waals surface area contributed by atoms with Gasteiger partial charge in [0.2, 0.25) is 0 Å². The Balaban J connectivity index is 1.74. The zero-order chi connectivity index (χ0) is 20.2. The van der Waals surface area contributed by atoms with Crippen LogP contribution in [0.3, 0.4) is 0 Å². The van der Waals surface area contributed by atoms with E-state index in [-0.39, 0.29) is 6.85 Å². The molecule has 0 unspecified atom stereocenters. The molecule has 2 heterocycles. The van der Waals surface area contributed by atoms with E-state index in [1.165, 1.54) is 10.9 Å². The maximum Gasteiger partial charge on any atom is 0.329 e. The fourth-order valence-electron chi connectivity index (χ4n) is 4.88. The van der Waals surface area contributed by atoms with Gasteiger partial charge in [0, 0.05) is 22.5 Å². The molecule has 2 aliphatic heterocycles. The van der Waals surface area contributed by atoms with Crippen molar-refractivity contribution >= 4 is 29.1 Å². The third kappa shape index (κ3) is 2.14. The Bertz CT molecular complexity index is 1330. The van der Waals surface area contributed by atoms with Crippen molar-refractivity contribution in [1.29, 1.82) is 10.5 Å². The number of anilines is 2. The molecule has 0 atom stereocenters. The Morgan fingerprint density at radius 1 is 0.567 bits per heavy atom. The van der Waals surface area contributed by atoms with Gasteiger partial charge in [-0.2, -0.15) is 10.5 Å². The smallest absolute Gasteiger partial charge is 0.329 e. The number of benzene rings is 4. The Morgan fingerprint density at radius 3 is 1.50 bits per heavy atom. The van der Waals surface area contributed by atoms with Crippen molar-refractivity contribution < 1.29 is 0 Å². The highest BCUT2D eigenvalue weighted by Gasteiger charge is 2.41. The molecule has 0 radical (unpaired) electrons. The van der Waals surface area contributed by atoms with Crippen LogP contribution in [0.2, 0.25) is 0 Å². The Labute approximate surface area is 175 Å². The minimum absolute atomic E-state index is 0.0401. The van der Waals surface area contributed by atoms with Crippen molar-refractivity contribution in [2.75, 3.05) is 4.81 Å². The average Bonchev–Trinajstić information content (AvgIpc) is 2.83. The van der Waals surface area contributed by atoms with Crippen LogP contribution in [0.5, 0.6) is 0 Å². The van der Waals surface area contributed by atoms with Gasteiger partial charge < -0.3 is 4.81 Å². The fourth-order valence-corrected chi connectivity index (χ4v) is 4.88. The van der Waals surface area contributed by atoms with Gasteiger partial charge in [-0.05, 0) is 58.5 Å². The summed E-state index contributed by atoms with van der Waals surface area (Å²) in [7, 11) is 0. The highest BCUT2D eigenvalue weighted by atomic mass is 15.1. The summed E-state index contributed by atoms with van der Waals surface area (Å²) in [6.07, 6.45) is 0. The summed E-state index contributed by atoms with van der Waals surface area (Å²) in [6.45, 7) is 0.0401. The summed E-state index contributed by atoms with van der Waals surface area (Å²) < 4.78 is 0. The summed E-state index contributed by atoms with van der Waals surface area (Å²) in [4.78, 5) is 2.36. The van der Waals surface area contributed by atoms with Gasteiger partial charge in [0.25, 0.3) is 0 Å². The van der Waals surface area contributed by atoms with Crippen molar-refractivity contribution in [2.24, 2.45) is 0 Å². The molecular formula is C26H14BN3. The maximum absolute atomic E-state index is 9.47. The van der Waals surface area contributed by atoms with Crippen molar-refractivity contribution in [3.63, 3.8) is 0 Å². The third-order valence-electron chi connectivity index (χ3n) is 6.12. The Morgan fingerprint density at radius 2 is 1.03 bits per heavy atom. The van der Waals surface area contributed by atoms with Crippen molar-refractivity contribution in [3.05, 3.63) is 96.1 Å². The largest absolute Gasteiger partial charge is 0.376 e. The van der Waals surface area contributed by atoms with E-state index in [0.29, 0.717) is 11.1 Å². The van der Waals surface area contributed by atoms with Crippen LogP contribution in [0.1, 0.15) is 11.1 Å². The molecule has 4 aromatic carbocycles. The van der Waals surface area contributed by atoms with Gasteiger partial charge in [-0.1, -0.05) is 48.5 Å². The molecule has 0 amide bonds. The molecule has 0 saturated carbocycles. The van der Waals surface area contributed by atoms with Gasteiger partial charge in [-0.15, -0.1) is 0 Å². The van der Waals surface area contributed by atoms with Gasteiger partial charge in [0.05, 0.1) is 23.3 Å². The summed E-state index contributed by atoms with van der Waals surface area (Å²) >= 11 is 0. The standard InChI is InChI=1S/C26H14BN3/c28-15-17-9-11-25-21(13-17)19-5-1-3-7-23(19)27-24-8-4-2-6-20(24)22-14-18(16-29)10-12-26(22)30(25)27/h1-14H. The van der Waals surface area contributed by atoms with Crippen molar-refractivity contribution in [2.45, 2.75) is 0 Å². The van der Waals surface area contributed by atoms with E-state index in [1.807, 2.05) is 36.4 Å². The van der Waals surface area contributed by atoms with Crippen LogP contribution >= 0.6 is 0 Å². The Kier molecular flexibility index (Phi) is 3.39. The number of nitriles is 2. The third-order valence-corrected chi connectivity index (χ3v) is 6.12. The number of hydrogen-bond donors (Lipinski definition) is 0. The number of fused-ring (bicyclic) bond motifs is 11. The van der Waals surface area contributed by atoms with Gasteiger partial charge in [0.15, 0.2) is 0 Å². The van der Waals surface area contributed by atoms with Crippen LogP contribution in [-0.2, 0) is 0 Å². The fraction of sp³-hybridized carbons (Fsp3) is 0. The highest BCUT2D eigenvalue weighted by molar-refractivity contribution is 6.92. The van der Waals surface area contributed by atoms with Gasteiger partial charge >= 0.3 is 6.85 Å². The van der Waals surface area contributed by atoms with Crippen LogP contribution in [-0.4, -0.2) is 6.85 Å². The van der Waals surface area contributed by atoms with Gasteiger partial charge in [-0.25, -0.2) is 0 Å². The molecule has 4 heteroatoms. The normalized spacial score (nSPS) is 12.5. The van der Waals surface area contributed by atoms with Crippen LogP contribution in [0.25, 0.3) is 22.3 Å². The molecule has 30 heavy (non-hydrogen) atoms. The van der Waals surface area contributed by atoms with Gasteiger partial charge in [0.1, 0.15) is 0 Å². The summed E-state index contributed by atoms with van der Waals surface area (Å²) in [5.41, 5.74) is 10.4. The molecule has 3 nitrogen and oxygen atoms in total. The number of rotatable bonds is 0. The lowest BCUT2D eigenvalue weighted by molar-refractivity contribution is 1.34. The predicted molar refractivity (Wildman–Crippen MR) is 120 cm³/mol. The first-order chi connectivity index (χ1) is 14.8. The second-order valence-electron chi connectivity index (χ2n) is 7.63. The molecule has 0 spiro atoms. The molecule has 0 aliphatic carbocycles. The predicted octanol–water partition coefficient (Wildman–Crippen LogP) is 4.33. The van der Waals surface area contributed by atoms with Crippen LogP contribution in [0.15, 0.2) is 84.9 Å². The lowest BCUT2D eigenvalue weighted by Gasteiger charge is -2.43. The zero-order valence-electron chi connectivity index (χ0n) is 16.0. The zero-order valence-corrected chi connectivity index (χ0v) is 16.0. The highest BCUT2D eigenvalue weighted by Crippen LogP contribution is 2.46. The van der Waals surface area contributed by atoms with E-state index < -0.39 is 0 Å². The summed E-state index contributed by atoms with van der Waals surface area (Å²) in [6, 6.07) is 33.3. The van der Waals surface area contributed by atoms with Crippen molar-refractivity contribution in [1.82, 2.24) is 0 Å². The number of hydrogen-bond acceptors (Lipinski definition) is 3. The first kappa shape index (κ1) is 16.7. The molecule has 4 aromatic rings. The quantitative estimate of drug-likeness (QED) is 0.427. The van der Waals surface area contributed by atoms with Crippen LogP contribution < -0.4 is 15.7 Å². The van der Waals surface area contributed by atoms with E-state index in [9.17, 15) is 10.5 Å². The van der Waals surface area contributed by atoms with E-state index in [1.54, 1.807) is 0 Å². The monoisotopic (exact) mass is 379 g/mol. The molecule has 0 saturated heterocycles. The average molecular weight is 379 g/mol. The summed E-state index contributed by atoms with van der Waals surface area (Å²) in [5, 5.41) is 18.9. The molecule has 2 aliphatic rings.